The highest BCUT2D eigenvalue weighted by Gasteiger charge is 2.26. The van der Waals surface area contributed by atoms with Crippen LogP contribution in [0.3, 0.4) is 0 Å². The molecule has 0 amide bonds. The maximum Gasteiger partial charge on any atom is 0.336 e. The van der Waals surface area contributed by atoms with Gasteiger partial charge in [-0.2, -0.15) is 0 Å². The van der Waals surface area contributed by atoms with Crippen molar-refractivity contribution in [2.75, 3.05) is 13.7 Å². The minimum Gasteiger partial charge on any atom is -0.504 e. The van der Waals surface area contributed by atoms with E-state index in [4.69, 9.17) is 13.9 Å². The molecule has 0 radical (unpaired) electrons. The monoisotopic (exact) mass is 310 g/mol. The number of phenolic OH excluding ortho intramolecular Hbond substituents is 1. The zero-order chi connectivity index (χ0) is 16.5. The van der Waals surface area contributed by atoms with Crippen molar-refractivity contribution in [3.05, 3.63) is 28.6 Å². The lowest BCUT2D eigenvalue weighted by molar-refractivity contribution is -0.0666. The summed E-state index contributed by atoms with van der Waals surface area (Å²) in [4.78, 5) is 11.3. The zero-order valence-electron chi connectivity index (χ0n) is 12.5. The van der Waals surface area contributed by atoms with Gasteiger partial charge in [-0.3, -0.25) is 0 Å². The third-order valence-electron chi connectivity index (χ3n) is 3.21. The summed E-state index contributed by atoms with van der Waals surface area (Å²) in [7, 11) is 1.33. The van der Waals surface area contributed by atoms with Gasteiger partial charge in [0.15, 0.2) is 11.3 Å². The fraction of sp³-hybridized carbons (Fsp3) is 0.400. The third-order valence-corrected chi connectivity index (χ3v) is 3.21. The molecule has 1 unspecified atom stereocenters. The van der Waals surface area contributed by atoms with Crippen LogP contribution in [-0.2, 0) is 0 Å². The summed E-state index contributed by atoms with van der Waals surface area (Å²) in [6, 6.07) is 4.06. The number of aliphatic hydroxyl groups excluding tert-OH is 1. The molecule has 0 saturated heterocycles. The van der Waals surface area contributed by atoms with Gasteiger partial charge in [0.2, 0.25) is 11.5 Å². The molecule has 22 heavy (non-hydrogen) atoms. The predicted octanol–water partition coefficient (Wildman–Crippen LogP) is 1.02. The second-order valence-electron chi connectivity index (χ2n) is 5.41. The predicted molar refractivity (Wildman–Crippen MR) is 78.5 cm³/mol. The number of hydrogen-bond acceptors (Lipinski definition) is 7. The molecule has 1 aromatic heterocycles. The van der Waals surface area contributed by atoms with Gasteiger partial charge in [0.05, 0.1) is 12.7 Å². The molecule has 0 fully saturated rings. The number of fused-ring (bicyclic) bond motifs is 1. The van der Waals surface area contributed by atoms with Gasteiger partial charge in [-0.15, -0.1) is 0 Å². The topological polar surface area (TPSA) is 109 Å². The summed E-state index contributed by atoms with van der Waals surface area (Å²) >= 11 is 0. The van der Waals surface area contributed by atoms with Gasteiger partial charge in [0, 0.05) is 11.5 Å². The molecule has 3 N–H and O–H groups in total. The fourth-order valence-corrected chi connectivity index (χ4v) is 1.84. The van der Waals surface area contributed by atoms with Crippen LogP contribution in [0.25, 0.3) is 11.0 Å². The molecule has 0 spiro atoms. The molecule has 2 rings (SSSR count). The lowest BCUT2D eigenvalue weighted by Gasteiger charge is -2.25. The Hall–Kier alpha value is -2.25. The first-order chi connectivity index (χ1) is 10.2. The van der Waals surface area contributed by atoms with Crippen molar-refractivity contribution < 1.29 is 29.2 Å². The van der Waals surface area contributed by atoms with Crippen LogP contribution in [-0.4, -0.2) is 40.7 Å². The van der Waals surface area contributed by atoms with Crippen LogP contribution in [0.2, 0.25) is 0 Å². The Morgan fingerprint density at radius 3 is 2.59 bits per heavy atom. The van der Waals surface area contributed by atoms with Crippen molar-refractivity contribution in [3.63, 3.8) is 0 Å². The molecule has 2 aromatic rings. The van der Waals surface area contributed by atoms with E-state index in [9.17, 15) is 20.1 Å². The molecule has 0 aliphatic carbocycles. The molecule has 1 aromatic carbocycles. The van der Waals surface area contributed by atoms with Crippen molar-refractivity contribution in [3.8, 4) is 17.2 Å². The lowest BCUT2D eigenvalue weighted by atomic mass is 10.0. The lowest BCUT2D eigenvalue weighted by Crippen LogP contribution is -2.40. The highest BCUT2D eigenvalue weighted by Crippen LogP contribution is 2.42. The number of benzene rings is 1. The van der Waals surface area contributed by atoms with Gasteiger partial charge in [-0.1, -0.05) is 0 Å². The Morgan fingerprint density at radius 1 is 1.32 bits per heavy atom. The summed E-state index contributed by atoms with van der Waals surface area (Å²) in [5.41, 5.74) is -1.81. The van der Waals surface area contributed by atoms with E-state index < -0.39 is 17.3 Å². The van der Waals surface area contributed by atoms with Crippen molar-refractivity contribution in [2.45, 2.75) is 25.6 Å². The Bertz CT molecular complexity index is 727. The van der Waals surface area contributed by atoms with Crippen LogP contribution in [0, 0.1) is 0 Å². The molecule has 7 nitrogen and oxygen atoms in total. The SMILES string of the molecule is COc1c(OCC(O)C(C)(C)O)c(O)cc2ccc(=O)oc12. The molecule has 0 aliphatic rings. The molecule has 7 heteroatoms. The smallest absolute Gasteiger partial charge is 0.336 e. The van der Waals surface area contributed by atoms with Gasteiger partial charge in [0.1, 0.15) is 12.7 Å². The van der Waals surface area contributed by atoms with Crippen LogP contribution >= 0.6 is 0 Å². The van der Waals surface area contributed by atoms with Crippen LogP contribution in [0.4, 0.5) is 0 Å². The first kappa shape index (κ1) is 16.1. The summed E-state index contributed by atoms with van der Waals surface area (Å²) in [5.74, 6) is -0.274. The van der Waals surface area contributed by atoms with E-state index >= 15 is 0 Å². The maximum absolute atomic E-state index is 11.3. The first-order valence-corrected chi connectivity index (χ1v) is 6.61. The number of hydrogen-bond donors (Lipinski definition) is 3. The van der Waals surface area contributed by atoms with Gasteiger partial charge in [-0.25, -0.2) is 4.79 Å². The van der Waals surface area contributed by atoms with Crippen LogP contribution < -0.4 is 15.1 Å². The van der Waals surface area contributed by atoms with Crippen molar-refractivity contribution >= 4 is 11.0 Å². The van der Waals surface area contributed by atoms with Gasteiger partial charge < -0.3 is 29.2 Å². The summed E-state index contributed by atoms with van der Waals surface area (Å²) in [6.45, 7) is 2.57. The molecule has 120 valence electrons. The molecule has 1 heterocycles. The van der Waals surface area contributed by atoms with Crippen molar-refractivity contribution in [1.29, 1.82) is 0 Å². The molecule has 0 aliphatic heterocycles. The minimum absolute atomic E-state index is 0.0376. The minimum atomic E-state index is -1.37. The highest BCUT2D eigenvalue weighted by molar-refractivity contribution is 5.87. The molecule has 0 bridgehead atoms. The van der Waals surface area contributed by atoms with E-state index in [0.717, 1.165) is 0 Å². The quantitative estimate of drug-likeness (QED) is 0.707. The number of aliphatic hydroxyl groups is 2. The van der Waals surface area contributed by atoms with Crippen LogP contribution in [0.1, 0.15) is 13.8 Å². The highest BCUT2D eigenvalue weighted by atomic mass is 16.5. The second-order valence-corrected chi connectivity index (χ2v) is 5.41. The summed E-state index contributed by atoms with van der Waals surface area (Å²) in [5, 5.41) is 30.0. The average Bonchev–Trinajstić information content (AvgIpc) is 2.43. The molecular formula is C15H18O7. The number of rotatable bonds is 5. The summed E-state index contributed by atoms with van der Waals surface area (Å²) in [6.07, 6.45) is -1.19. The van der Waals surface area contributed by atoms with Crippen LogP contribution in [0.15, 0.2) is 27.4 Å². The van der Waals surface area contributed by atoms with Crippen molar-refractivity contribution in [2.24, 2.45) is 0 Å². The van der Waals surface area contributed by atoms with E-state index in [1.165, 1.54) is 39.2 Å². The Morgan fingerprint density at radius 2 is 2.00 bits per heavy atom. The van der Waals surface area contributed by atoms with Gasteiger partial charge in [0.25, 0.3) is 0 Å². The number of aromatic hydroxyl groups is 1. The van der Waals surface area contributed by atoms with E-state index in [0.29, 0.717) is 5.39 Å². The third kappa shape index (κ3) is 3.15. The zero-order valence-corrected chi connectivity index (χ0v) is 12.5. The van der Waals surface area contributed by atoms with Crippen molar-refractivity contribution in [1.82, 2.24) is 0 Å². The van der Waals surface area contributed by atoms with Crippen LogP contribution in [0.5, 0.6) is 17.2 Å². The summed E-state index contributed by atoms with van der Waals surface area (Å²) < 4.78 is 15.6. The molecule has 1 atom stereocenters. The fourth-order valence-electron chi connectivity index (χ4n) is 1.84. The van der Waals surface area contributed by atoms with E-state index in [2.05, 4.69) is 0 Å². The Labute approximate surface area is 126 Å². The van der Waals surface area contributed by atoms with Gasteiger partial charge in [-0.05, 0) is 26.0 Å². The first-order valence-electron chi connectivity index (χ1n) is 6.61. The molecular weight excluding hydrogens is 292 g/mol. The number of ether oxygens (including phenoxy) is 2. The second kappa shape index (κ2) is 5.86. The largest absolute Gasteiger partial charge is 0.504 e. The Kier molecular flexibility index (Phi) is 4.30. The maximum atomic E-state index is 11.3. The van der Waals surface area contributed by atoms with E-state index in [-0.39, 0.29) is 29.4 Å². The number of phenols is 1. The average molecular weight is 310 g/mol. The van der Waals surface area contributed by atoms with Gasteiger partial charge >= 0.3 is 5.63 Å². The molecule has 0 saturated carbocycles. The normalized spacial score (nSPS) is 13.1. The number of methoxy groups -OCH3 is 1. The van der Waals surface area contributed by atoms with E-state index in [1.54, 1.807) is 0 Å². The van der Waals surface area contributed by atoms with E-state index in [1.807, 2.05) is 0 Å². The standard InChI is InChI=1S/C15H18O7/c1-15(2,19)10(17)7-21-13-9(16)6-8-4-5-11(18)22-12(8)14(13)20-3/h4-6,10,16-17,19H,7H2,1-3H3. The Balaban J connectivity index is 2.44.